The molecule has 0 saturated heterocycles. The van der Waals surface area contributed by atoms with Gasteiger partial charge in [-0.15, -0.1) is 0 Å². The molecule has 1 N–H and O–H groups in total. The fourth-order valence-corrected chi connectivity index (χ4v) is 3.68. The van der Waals surface area contributed by atoms with E-state index in [9.17, 15) is 0 Å². The molecule has 0 aliphatic heterocycles. The third-order valence-electron chi connectivity index (χ3n) is 4.41. The number of aryl methyl sites for hydroxylation is 1. The van der Waals surface area contributed by atoms with Crippen LogP contribution in [0.25, 0.3) is 0 Å². The summed E-state index contributed by atoms with van der Waals surface area (Å²) in [6.45, 7) is 3.96. The molecule has 0 atom stereocenters. The van der Waals surface area contributed by atoms with Gasteiger partial charge in [-0.05, 0) is 56.2 Å². The smallest absolute Gasteiger partial charge is 0.126 e. The Kier molecular flexibility index (Phi) is 4.67. The van der Waals surface area contributed by atoms with Crippen molar-refractivity contribution in [1.29, 1.82) is 0 Å². The summed E-state index contributed by atoms with van der Waals surface area (Å²) in [5, 5.41) is 3.59. The van der Waals surface area contributed by atoms with Gasteiger partial charge in [-0.3, -0.25) is 0 Å². The molecular formula is C17H24BrNO. The minimum atomic E-state index is 0.733. The minimum absolute atomic E-state index is 0.733. The highest BCUT2D eigenvalue weighted by molar-refractivity contribution is 9.10. The number of benzene rings is 1. The molecule has 0 unspecified atom stereocenters. The topological polar surface area (TPSA) is 21.3 Å². The number of rotatable bonds is 6. The van der Waals surface area contributed by atoms with Crippen LogP contribution < -0.4 is 10.1 Å². The first kappa shape index (κ1) is 14.4. The third kappa shape index (κ3) is 3.76. The second kappa shape index (κ2) is 6.48. The quantitative estimate of drug-likeness (QED) is 0.820. The van der Waals surface area contributed by atoms with Gasteiger partial charge in [-0.25, -0.2) is 0 Å². The van der Waals surface area contributed by atoms with E-state index in [0.29, 0.717) is 0 Å². The highest BCUT2D eigenvalue weighted by atomic mass is 79.9. The Hall–Kier alpha value is -0.540. The van der Waals surface area contributed by atoms with Crippen molar-refractivity contribution in [3.63, 3.8) is 0 Å². The Morgan fingerprint density at radius 1 is 1.20 bits per heavy atom. The molecule has 2 fully saturated rings. The summed E-state index contributed by atoms with van der Waals surface area (Å²) in [6.07, 6.45) is 8.08. The number of ether oxygens (including phenoxy) is 1. The Labute approximate surface area is 130 Å². The van der Waals surface area contributed by atoms with E-state index >= 15 is 0 Å². The van der Waals surface area contributed by atoms with Gasteiger partial charge in [0.25, 0.3) is 0 Å². The van der Waals surface area contributed by atoms with Crippen molar-refractivity contribution >= 4 is 15.9 Å². The third-order valence-corrected chi connectivity index (χ3v) is 4.87. The van der Waals surface area contributed by atoms with Crippen LogP contribution in [0.15, 0.2) is 16.6 Å². The molecule has 2 saturated carbocycles. The summed E-state index contributed by atoms with van der Waals surface area (Å²) in [5.74, 6) is 1.87. The van der Waals surface area contributed by atoms with Crippen LogP contribution in [0.3, 0.4) is 0 Å². The summed E-state index contributed by atoms with van der Waals surface area (Å²) in [7, 11) is 0. The van der Waals surface area contributed by atoms with Crippen LogP contribution in [-0.4, -0.2) is 12.6 Å². The molecular weight excluding hydrogens is 314 g/mol. The summed E-state index contributed by atoms with van der Waals surface area (Å²) in [4.78, 5) is 0. The van der Waals surface area contributed by atoms with Crippen molar-refractivity contribution in [1.82, 2.24) is 5.32 Å². The lowest BCUT2D eigenvalue weighted by Crippen LogP contribution is -2.17. The van der Waals surface area contributed by atoms with Gasteiger partial charge in [-0.1, -0.05) is 28.8 Å². The van der Waals surface area contributed by atoms with Crippen LogP contribution in [0.4, 0.5) is 0 Å². The van der Waals surface area contributed by atoms with E-state index in [2.05, 4.69) is 40.3 Å². The zero-order valence-corrected chi connectivity index (χ0v) is 13.8. The van der Waals surface area contributed by atoms with Crippen LogP contribution in [0.2, 0.25) is 0 Å². The highest BCUT2D eigenvalue weighted by Crippen LogP contribution is 2.31. The van der Waals surface area contributed by atoms with Gasteiger partial charge >= 0.3 is 0 Å². The number of nitrogens with one attached hydrogen (secondary N) is 1. The van der Waals surface area contributed by atoms with Gasteiger partial charge < -0.3 is 10.1 Å². The lowest BCUT2D eigenvalue weighted by atomic mass is 10.1. The molecule has 3 heteroatoms. The maximum absolute atomic E-state index is 6.20. The van der Waals surface area contributed by atoms with E-state index in [-0.39, 0.29) is 0 Å². The summed E-state index contributed by atoms with van der Waals surface area (Å²) >= 11 is 3.60. The van der Waals surface area contributed by atoms with Crippen LogP contribution in [-0.2, 0) is 6.54 Å². The maximum atomic E-state index is 6.20. The highest BCUT2D eigenvalue weighted by Gasteiger charge is 2.22. The molecule has 20 heavy (non-hydrogen) atoms. The van der Waals surface area contributed by atoms with Crippen molar-refractivity contribution in [3.8, 4) is 5.75 Å². The largest absolute Gasteiger partial charge is 0.493 e. The summed E-state index contributed by atoms with van der Waals surface area (Å²) in [5.41, 5.74) is 2.53. The normalized spacial score (nSPS) is 19.5. The van der Waals surface area contributed by atoms with E-state index in [1.54, 1.807) is 0 Å². The maximum Gasteiger partial charge on any atom is 0.126 e. The monoisotopic (exact) mass is 337 g/mol. The summed E-state index contributed by atoms with van der Waals surface area (Å²) < 4.78 is 7.35. The van der Waals surface area contributed by atoms with Crippen LogP contribution in [0.5, 0.6) is 5.75 Å². The van der Waals surface area contributed by atoms with Gasteiger partial charge in [0, 0.05) is 22.6 Å². The zero-order chi connectivity index (χ0) is 13.9. The first-order chi connectivity index (χ1) is 9.72. The van der Waals surface area contributed by atoms with Crippen molar-refractivity contribution in [2.45, 2.75) is 58.0 Å². The molecule has 0 amide bonds. The lowest BCUT2D eigenvalue weighted by molar-refractivity contribution is 0.248. The molecule has 2 aliphatic rings. The molecule has 2 aliphatic carbocycles. The number of halogens is 1. The van der Waals surface area contributed by atoms with Crippen LogP contribution in [0.1, 0.15) is 49.7 Å². The molecule has 1 aromatic rings. The minimum Gasteiger partial charge on any atom is -0.493 e. The van der Waals surface area contributed by atoms with Crippen molar-refractivity contribution in [3.05, 3.63) is 27.7 Å². The Morgan fingerprint density at radius 2 is 1.95 bits per heavy atom. The predicted octanol–water partition coefficient (Wildman–Crippen LogP) is 4.58. The molecule has 0 heterocycles. The SMILES string of the molecule is Cc1cc(Br)cc(CNC2CC2)c1OCC1CCCC1. The molecule has 0 bridgehead atoms. The molecule has 1 aromatic carbocycles. The Balaban J connectivity index is 1.68. The Bertz CT molecular complexity index is 464. The predicted molar refractivity (Wildman–Crippen MR) is 86.2 cm³/mol. The van der Waals surface area contributed by atoms with Gasteiger partial charge in [0.15, 0.2) is 0 Å². The van der Waals surface area contributed by atoms with Gasteiger partial charge in [0.05, 0.1) is 6.61 Å². The number of hydrogen-bond acceptors (Lipinski definition) is 2. The molecule has 2 nitrogen and oxygen atoms in total. The average molecular weight is 338 g/mol. The van der Waals surface area contributed by atoms with Gasteiger partial charge in [0.1, 0.15) is 5.75 Å². The second-order valence-corrected chi connectivity index (χ2v) is 7.24. The van der Waals surface area contributed by atoms with E-state index in [4.69, 9.17) is 4.74 Å². The fraction of sp³-hybridized carbons (Fsp3) is 0.647. The standard InChI is InChI=1S/C17H24BrNO/c1-12-8-15(18)9-14(10-19-16-6-7-16)17(12)20-11-13-4-2-3-5-13/h8-9,13,16,19H,2-7,10-11H2,1H3. The van der Waals surface area contributed by atoms with Crippen LogP contribution in [0, 0.1) is 12.8 Å². The van der Waals surface area contributed by atoms with E-state index in [0.717, 1.165) is 35.3 Å². The average Bonchev–Trinajstić information content (AvgIpc) is 3.10. The molecule has 0 spiro atoms. The molecule has 0 radical (unpaired) electrons. The first-order valence-electron chi connectivity index (χ1n) is 7.87. The summed E-state index contributed by atoms with van der Waals surface area (Å²) in [6, 6.07) is 5.09. The lowest BCUT2D eigenvalue weighted by Gasteiger charge is -2.18. The van der Waals surface area contributed by atoms with E-state index in [1.807, 2.05) is 0 Å². The molecule has 110 valence electrons. The molecule has 3 rings (SSSR count). The van der Waals surface area contributed by atoms with Crippen molar-refractivity contribution in [2.24, 2.45) is 5.92 Å². The van der Waals surface area contributed by atoms with Crippen molar-refractivity contribution < 1.29 is 4.74 Å². The van der Waals surface area contributed by atoms with Crippen LogP contribution >= 0.6 is 15.9 Å². The fourth-order valence-electron chi connectivity index (χ4n) is 3.06. The number of hydrogen-bond donors (Lipinski definition) is 1. The van der Waals surface area contributed by atoms with Gasteiger partial charge in [-0.2, -0.15) is 0 Å². The zero-order valence-electron chi connectivity index (χ0n) is 12.3. The first-order valence-corrected chi connectivity index (χ1v) is 8.67. The van der Waals surface area contributed by atoms with E-state index < -0.39 is 0 Å². The van der Waals surface area contributed by atoms with E-state index in [1.165, 1.54) is 49.7 Å². The van der Waals surface area contributed by atoms with Crippen molar-refractivity contribution in [2.75, 3.05) is 6.61 Å². The second-order valence-electron chi connectivity index (χ2n) is 6.33. The molecule has 0 aromatic heterocycles. The van der Waals surface area contributed by atoms with Gasteiger partial charge in [0.2, 0.25) is 0 Å². The Morgan fingerprint density at radius 3 is 2.65 bits per heavy atom.